The number of hydrogen-bond donors (Lipinski definition) is 1. The maximum Gasteiger partial charge on any atom is 0.253 e. The SMILES string of the molecule is C[C@@H](COc1ccccc1)C(=O)n1ncc2ccc(NC=O)cc21. The zero-order valence-corrected chi connectivity index (χ0v) is 13.2. The quantitative estimate of drug-likeness (QED) is 0.708. The topological polar surface area (TPSA) is 73.2 Å². The molecule has 3 rings (SSSR count). The molecule has 0 saturated carbocycles. The predicted molar refractivity (Wildman–Crippen MR) is 91.1 cm³/mol. The van der Waals surface area contributed by atoms with Gasteiger partial charge in [-0.25, -0.2) is 0 Å². The van der Waals surface area contributed by atoms with Crippen molar-refractivity contribution in [3.63, 3.8) is 0 Å². The number of ether oxygens (including phenoxy) is 1. The minimum absolute atomic E-state index is 0.163. The van der Waals surface area contributed by atoms with E-state index in [1.165, 1.54) is 4.68 Å². The molecule has 0 aliphatic carbocycles. The van der Waals surface area contributed by atoms with Crippen LogP contribution in [-0.2, 0) is 4.79 Å². The van der Waals surface area contributed by atoms with Gasteiger partial charge in [-0.2, -0.15) is 9.78 Å². The van der Waals surface area contributed by atoms with Gasteiger partial charge in [0, 0.05) is 11.1 Å². The average Bonchev–Trinajstić information content (AvgIpc) is 3.03. The molecule has 0 aliphatic heterocycles. The first-order valence-corrected chi connectivity index (χ1v) is 7.59. The Kier molecular flexibility index (Phi) is 4.56. The van der Waals surface area contributed by atoms with Gasteiger partial charge in [-0.15, -0.1) is 0 Å². The third kappa shape index (κ3) is 3.27. The molecule has 1 atom stereocenters. The van der Waals surface area contributed by atoms with Gasteiger partial charge in [0.05, 0.1) is 24.2 Å². The van der Waals surface area contributed by atoms with Crippen LogP contribution in [0.25, 0.3) is 10.9 Å². The van der Waals surface area contributed by atoms with Crippen LogP contribution in [0, 0.1) is 5.92 Å². The van der Waals surface area contributed by atoms with Crippen LogP contribution in [0.3, 0.4) is 0 Å². The molecule has 1 amide bonds. The molecule has 6 nitrogen and oxygen atoms in total. The summed E-state index contributed by atoms with van der Waals surface area (Å²) in [7, 11) is 0. The van der Waals surface area contributed by atoms with Gasteiger partial charge in [-0.3, -0.25) is 9.59 Å². The Bertz CT molecular complexity index is 858. The zero-order valence-electron chi connectivity index (χ0n) is 13.2. The number of nitrogens with one attached hydrogen (secondary N) is 1. The zero-order chi connectivity index (χ0) is 16.9. The van der Waals surface area contributed by atoms with Crippen molar-refractivity contribution < 1.29 is 14.3 Å². The third-order valence-electron chi connectivity index (χ3n) is 3.67. The van der Waals surface area contributed by atoms with Crippen LogP contribution in [0.1, 0.15) is 11.7 Å². The molecule has 0 bridgehead atoms. The summed E-state index contributed by atoms with van der Waals surface area (Å²) in [5.41, 5.74) is 1.26. The van der Waals surface area contributed by atoms with E-state index < -0.39 is 0 Å². The average molecular weight is 323 g/mol. The second kappa shape index (κ2) is 6.95. The number of rotatable bonds is 6. The van der Waals surface area contributed by atoms with Crippen molar-refractivity contribution in [1.82, 2.24) is 9.78 Å². The highest BCUT2D eigenvalue weighted by Gasteiger charge is 2.19. The smallest absolute Gasteiger partial charge is 0.253 e. The molecule has 6 heteroatoms. The van der Waals surface area contributed by atoms with Crippen LogP contribution in [-0.4, -0.2) is 28.7 Å². The second-order valence-corrected chi connectivity index (χ2v) is 5.46. The number of carbonyl (C=O) groups is 2. The molecule has 0 radical (unpaired) electrons. The number of hydrogen-bond acceptors (Lipinski definition) is 4. The van der Waals surface area contributed by atoms with Crippen molar-refractivity contribution in [3.8, 4) is 5.75 Å². The molecule has 24 heavy (non-hydrogen) atoms. The molecule has 2 aromatic carbocycles. The first-order valence-electron chi connectivity index (χ1n) is 7.59. The lowest BCUT2D eigenvalue weighted by molar-refractivity contribution is -0.105. The van der Waals surface area contributed by atoms with Crippen LogP contribution in [0.15, 0.2) is 54.7 Å². The highest BCUT2D eigenvalue weighted by molar-refractivity contribution is 5.94. The van der Waals surface area contributed by atoms with Crippen molar-refractivity contribution in [2.24, 2.45) is 5.92 Å². The van der Waals surface area contributed by atoms with Crippen LogP contribution in [0.5, 0.6) is 5.75 Å². The van der Waals surface area contributed by atoms with E-state index in [1.807, 2.05) is 36.4 Å². The van der Waals surface area contributed by atoms with Crippen molar-refractivity contribution in [2.75, 3.05) is 11.9 Å². The molecule has 122 valence electrons. The molecular weight excluding hydrogens is 306 g/mol. The lowest BCUT2D eigenvalue weighted by Gasteiger charge is -2.13. The number of amides is 1. The highest BCUT2D eigenvalue weighted by Crippen LogP contribution is 2.20. The van der Waals surface area contributed by atoms with Gasteiger partial charge in [-0.1, -0.05) is 25.1 Å². The van der Waals surface area contributed by atoms with E-state index in [0.717, 1.165) is 11.1 Å². The number of fused-ring (bicyclic) bond motifs is 1. The van der Waals surface area contributed by atoms with Crippen LogP contribution in [0.2, 0.25) is 0 Å². The van der Waals surface area contributed by atoms with E-state index in [-0.39, 0.29) is 18.4 Å². The Balaban J connectivity index is 1.77. The first-order chi connectivity index (χ1) is 11.7. The maximum absolute atomic E-state index is 12.6. The normalized spacial score (nSPS) is 11.9. The van der Waals surface area contributed by atoms with E-state index in [1.54, 1.807) is 25.3 Å². The molecule has 1 aromatic heterocycles. The highest BCUT2D eigenvalue weighted by atomic mass is 16.5. The lowest BCUT2D eigenvalue weighted by atomic mass is 10.1. The Labute approximate surface area is 139 Å². The summed E-state index contributed by atoms with van der Waals surface area (Å²) in [6.45, 7) is 2.06. The van der Waals surface area contributed by atoms with Gasteiger partial charge < -0.3 is 10.1 Å². The van der Waals surface area contributed by atoms with Gasteiger partial charge >= 0.3 is 0 Å². The van der Waals surface area contributed by atoms with Crippen molar-refractivity contribution in [2.45, 2.75) is 6.92 Å². The third-order valence-corrected chi connectivity index (χ3v) is 3.67. The van der Waals surface area contributed by atoms with Crippen molar-refractivity contribution >= 4 is 28.9 Å². The molecule has 1 N–H and O–H groups in total. The summed E-state index contributed by atoms with van der Waals surface area (Å²) >= 11 is 0. The summed E-state index contributed by atoms with van der Waals surface area (Å²) in [4.78, 5) is 23.2. The molecule has 1 heterocycles. The fourth-order valence-corrected chi connectivity index (χ4v) is 2.37. The number of para-hydroxylation sites is 1. The van der Waals surface area contributed by atoms with E-state index >= 15 is 0 Å². The van der Waals surface area contributed by atoms with E-state index in [4.69, 9.17) is 4.74 Å². The Morgan fingerprint density at radius 3 is 2.83 bits per heavy atom. The Morgan fingerprint density at radius 2 is 2.08 bits per heavy atom. The van der Waals surface area contributed by atoms with Gasteiger partial charge in [0.1, 0.15) is 5.75 Å². The molecule has 0 saturated heterocycles. The Hall–Kier alpha value is -3.15. The molecule has 3 aromatic rings. The molecular formula is C18H17N3O3. The van der Waals surface area contributed by atoms with Crippen molar-refractivity contribution in [3.05, 3.63) is 54.7 Å². The largest absolute Gasteiger partial charge is 0.493 e. The summed E-state index contributed by atoms with van der Waals surface area (Å²) < 4.78 is 6.99. The number of aromatic nitrogens is 2. The van der Waals surface area contributed by atoms with Gasteiger partial charge in [0.25, 0.3) is 5.91 Å². The Morgan fingerprint density at radius 1 is 1.29 bits per heavy atom. The van der Waals surface area contributed by atoms with Gasteiger partial charge in [-0.05, 0) is 30.3 Å². The standard InChI is InChI=1S/C18H17N3O3/c1-13(11-24-16-5-3-2-4-6-16)18(23)21-17-9-15(19-12-22)8-7-14(17)10-20-21/h2-10,12-13H,11H2,1H3,(H,19,22)/t13-/m0/s1. The van der Waals surface area contributed by atoms with Crippen molar-refractivity contribution in [1.29, 1.82) is 0 Å². The first kappa shape index (κ1) is 15.7. The van der Waals surface area contributed by atoms with Gasteiger partial charge in [0.2, 0.25) is 6.41 Å². The number of nitrogens with zero attached hydrogens (tertiary/aromatic N) is 2. The summed E-state index contributed by atoms with van der Waals surface area (Å²) in [6.07, 6.45) is 2.22. The molecule has 0 aliphatic rings. The lowest BCUT2D eigenvalue weighted by Crippen LogP contribution is -2.25. The van der Waals surface area contributed by atoms with E-state index in [0.29, 0.717) is 17.6 Å². The number of benzene rings is 2. The molecule has 0 fully saturated rings. The second-order valence-electron chi connectivity index (χ2n) is 5.46. The van der Waals surface area contributed by atoms with Crippen LogP contribution >= 0.6 is 0 Å². The van der Waals surface area contributed by atoms with E-state index in [2.05, 4.69) is 10.4 Å². The minimum Gasteiger partial charge on any atom is -0.493 e. The summed E-state index contributed by atoms with van der Waals surface area (Å²) in [5, 5.41) is 7.57. The van der Waals surface area contributed by atoms with Crippen LogP contribution in [0.4, 0.5) is 5.69 Å². The maximum atomic E-state index is 12.6. The number of anilines is 1. The fourth-order valence-electron chi connectivity index (χ4n) is 2.37. The monoisotopic (exact) mass is 323 g/mol. The molecule has 0 unspecified atom stereocenters. The predicted octanol–water partition coefficient (Wildman–Crippen LogP) is 2.96. The summed E-state index contributed by atoms with van der Waals surface area (Å²) in [6, 6.07) is 14.6. The molecule has 0 spiro atoms. The summed E-state index contributed by atoms with van der Waals surface area (Å²) in [5.74, 6) is 0.195. The van der Waals surface area contributed by atoms with Gasteiger partial charge in [0.15, 0.2) is 0 Å². The minimum atomic E-state index is -0.365. The fraction of sp³-hybridized carbons (Fsp3) is 0.167. The number of carbonyl (C=O) groups excluding carboxylic acids is 2. The van der Waals surface area contributed by atoms with E-state index in [9.17, 15) is 9.59 Å². The van der Waals surface area contributed by atoms with Crippen LogP contribution < -0.4 is 10.1 Å².